The Morgan fingerprint density at radius 1 is 0.778 bits per heavy atom. The van der Waals surface area contributed by atoms with Gasteiger partial charge in [0.25, 0.3) is 0 Å². The van der Waals surface area contributed by atoms with E-state index < -0.39 is 0 Å². The van der Waals surface area contributed by atoms with Gasteiger partial charge in [0.1, 0.15) is 0 Å². The molecule has 0 radical (unpaired) electrons. The summed E-state index contributed by atoms with van der Waals surface area (Å²) in [5.74, 6) is 2.76. The van der Waals surface area contributed by atoms with E-state index in [1.54, 1.807) is 0 Å². The first-order chi connectivity index (χ1) is 13.3. The standard InChI is InChI=1S/C25H36N2/c1-3-5-6-7-21-8-10-22(11-9-21)12-13-23-18-26-25(27-19-23)24-16-14-20(4-2)15-17-24/h14-19,21-22H,3-13H2,1-2H3/t21-,22-. The normalized spacial score (nSPS) is 19.9. The summed E-state index contributed by atoms with van der Waals surface area (Å²) in [6.45, 7) is 4.48. The lowest BCUT2D eigenvalue weighted by Gasteiger charge is -2.28. The van der Waals surface area contributed by atoms with Crippen LogP contribution in [0.4, 0.5) is 0 Å². The molecule has 1 aliphatic rings. The third-order valence-corrected chi connectivity index (χ3v) is 6.35. The van der Waals surface area contributed by atoms with Crippen LogP contribution in [0, 0.1) is 11.8 Å². The van der Waals surface area contributed by atoms with E-state index in [2.05, 4.69) is 48.1 Å². The maximum atomic E-state index is 4.61. The Kier molecular flexibility index (Phi) is 7.86. The molecule has 1 saturated carbocycles. The van der Waals surface area contributed by atoms with E-state index in [9.17, 15) is 0 Å². The van der Waals surface area contributed by atoms with Gasteiger partial charge in [-0.3, -0.25) is 0 Å². The molecule has 1 aliphatic carbocycles. The molecular weight excluding hydrogens is 328 g/mol. The molecule has 0 unspecified atom stereocenters. The van der Waals surface area contributed by atoms with Crippen molar-refractivity contribution in [1.82, 2.24) is 9.97 Å². The minimum absolute atomic E-state index is 0.842. The Morgan fingerprint density at radius 3 is 2.00 bits per heavy atom. The Hall–Kier alpha value is -1.70. The second-order valence-corrected chi connectivity index (χ2v) is 8.39. The molecule has 1 aromatic heterocycles. The number of hydrogen-bond acceptors (Lipinski definition) is 2. The number of hydrogen-bond donors (Lipinski definition) is 0. The largest absolute Gasteiger partial charge is 0.236 e. The van der Waals surface area contributed by atoms with Gasteiger partial charge < -0.3 is 0 Å². The number of benzene rings is 1. The SMILES string of the molecule is CCCCC[C@H]1CC[C@H](CCc2cnc(-c3ccc(CC)cc3)nc2)CC1. The molecule has 0 amide bonds. The Morgan fingerprint density at radius 2 is 1.41 bits per heavy atom. The number of aromatic nitrogens is 2. The van der Waals surface area contributed by atoms with Gasteiger partial charge in [-0.2, -0.15) is 0 Å². The fourth-order valence-corrected chi connectivity index (χ4v) is 4.39. The van der Waals surface area contributed by atoms with Gasteiger partial charge in [-0.25, -0.2) is 9.97 Å². The van der Waals surface area contributed by atoms with Gasteiger partial charge in [0.15, 0.2) is 5.82 Å². The molecule has 0 spiro atoms. The van der Waals surface area contributed by atoms with Crippen LogP contribution >= 0.6 is 0 Å². The summed E-state index contributed by atoms with van der Waals surface area (Å²) in [6.07, 6.45) is 19.0. The summed E-state index contributed by atoms with van der Waals surface area (Å²) < 4.78 is 0. The monoisotopic (exact) mass is 364 g/mol. The molecule has 1 heterocycles. The van der Waals surface area contributed by atoms with Gasteiger partial charge in [0.2, 0.25) is 0 Å². The lowest BCUT2D eigenvalue weighted by Crippen LogP contribution is -2.15. The molecule has 0 atom stereocenters. The molecule has 2 heteroatoms. The molecule has 0 N–H and O–H groups in total. The highest BCUT2D eigenvalue weighted by molar-refractivity contribution is 5.55. The van der Waals surface area contributed by atoms with Crippen molar-refractivity contribution in [3.05, 3.63) is 47.8 Å². The fourth-order valence-electron chi connectivity index (χ4n) is 4.39. The Bertz CT molecular complexity index is 652. The first-order valence-electron chi connectivity index (χ1n) is 11.2. The number of nitrogens with zero attached hydrogens (tertiary/aromatic N) is 2. The van der Waals surface area contributed by atoms with E-state index in [0.717, 1.165) is 36.1 Å². The van der Waals surface area contributed by atoms with Crippen molar-refractivity contribution in [2.75, 3.05) is 0 Å². The zero-order chi connectivity index (χ0) is 18.9. The lowest BCUT2D eigenvalue weighted by atomic mass is 9.78. The predicted octanol–water partition coefficient (Wildman–Crippen LogP) is 7.03. The van der Waals surface area contributed by atoms with Gasteiger partial charge in [0, 0.05) is 18.0 Å². The van der Waals surface area contributed by atoms with E-state index >= 15 is 0 Å². The van der Waals surface area contributed by atoms with E-state index in [0.29, 0.717) is 0 Å². The summed E-state index contributed by atoms with van der Waals surface area (Å²) >= 11 is 0. The van der Waals surface area contributed by atoms with Crippen molar-refractivity contribution in [3.63, 3.8) is 0 Å². The summed E-state index contributed by atoms with van der Waals surface area (Å²) in [7, 11) is 0. The molecule has 2 nitrogen and oxygen atoms in total. The molecule has 27 heavy (non-hydrogen) atoms. The van der Waals surface area contributed by atoms with Crippen molar-refractivity contribution in [2.24, 2.45) is 11.8 Å². The highest BCUT2D eigenvalue weighted by atomic mass is 14.9. The Labute approximate surface area is 165 Å². The van der Waals surface area contributed by atoms with Gasteiger partial charge in [0.05, 0.1) is 0 Å². The third-order valence-electron chi connectivity index (χ3n) is 6.35. The van der Waals surface area contributed by atoms with E-state index in [4.69, 9.17) is 0 Å². The van der Waals surface area contributed by atoms with Gasteiger partial charge in [-0.1, -0.05) is 89.5 Å². The van der Waals surface area contributed by atoms with Crippen molar-refractivity contribution in [3.8, 4) is 11.4 Å². The first-order valence-corrected chi connectivity index (χ1v) is 11.2. The summed E-state index contributed by atoms with van der Waals surface area (Å²) in [5, 5.41) is 0. The summed E-state index contributed by atoms with van der Waals surface area (Å²) in [5.41, 5.74) is 3.75. The van der Waals surface area contributed by atoms with Crippen LogP contribution in [0.15, 0.2) is 36.7 Å². The van der Waals surface area contributed by atoms with Crippen LogP contribution in [-0.2, 0) is 12.8 Å². The van der Waals surface area contributed by atoms with Gasteiger partial charge in [-0.15, -0.1) is 0 Å². The van der Waals surface area contributed by atoms with Crippen LogP contribution in [0.2, 0.25) is 0 Å². The van der Waals surface area contributed by atoms with E-state index in [1.165, 1.54) is 68.9 Å². The molecule has 0 bridgehead atoms. The van der Waals surface area contributed by atoms with Crippen molar-refractivity contribution >= 4 is 0 Å². The molecular formula is C25H36N2. The van der Waals surface area contributed by atoms with Crippen LogP contribution in [-0.4, -0.2) is 9.97 Å². The predicted molar refractivity (Wildman–Crippen MR) is 115 cm³/mol. The van der Waals surface area contributed by atoms with Crippen LogP contribution in [0.3, 0.4) is 0 Å². The number of rotatable bonds is 9. The molecule has 3 rings (SSSR count). The van der Waals surface area contributed by atoms with Gasteiger partial charge >= 0.3 is 0 Å². The maximum Gasteiger partial charge on any atom is 0.159 e. The maximum absolute atomic E-state index is 4.61. The molecule has 2 aromatic rings. The topological polar surface area (TPSA) is 25.8 Å². The third kappa shape index (κ3) is 6.16. The highest BCUT2D eigenvalue weighted by Crippen LogP contribution is 2.34. The quantitative estimate of drug-likeness (QED) is 0.446. The summed E-state index contributed by atoms with van der Waals surface area (Å²) in [6, 6.07) is 8.61. The minimum atomic E-state index is 0.842. The zero-order valence-corrected chi connectivity index (χ0v) is 17.3. The second-order valence-electron chi connectivity index (χ2n) is 8.39. The Balaban J connectivity index is 1.42. The van der Waals surface area contributed by atoms with E-state index in [-0.39, 0.29) is 0 Å². The molecule has 0 saturated heterocycles. The van der Waals surface area contributed by atoms with Crippen LogP contribution in [0.1, 0.15) is 82.8 Å². The first kappa shape index (κ1) is 20.0. The van der Waals surface area contributed by atoms with E-state index in [1.807, 2.05) is 12.4 Å². The average Bonchev–Trinajstić information content (AvgIpc) is 2.74. The number of unbranched alkanes of at least 4 members (excludes halogenated alkanes) is 2. The number of aryl methyl sites for hydroxylation is 2. The highest BCUT2D eigenvalue weighted by Gasteiger charge is 2.20. The fraction of sp³-hybridized carbons (Fsp3) is 0.600. The summed E-state index contributed by atoms with van der Waals surface area (Å²) in [4.78, 5) is 9.22. The smallest absolute Gasteiger partial charge is 0.159 e. The molecule has 1 aromatic carbocycles. The zero-order valence-electron chi connectivity index (χ0n) is 17.3. The molecule has 146 valence electrons. The molecule has 0 aliphatic heterocycles. The van der Waals surface area contributed by atoms with Crippen LogP contribution in [0.25, 0.3) is 11.4 Å². The van der Waals surface area contributed by atoms with Crippen LogP contribution in [0.5, 0.6) is 0 Å². The van der Waals surface area contributed by atoms with Crippen LogP contribution < -0.4 is 0 Å². The average molecular weight is 365 g/mol. The van der Waals surface area contributed by atoms with Crippen molar-refractivity contribution in [1.29, 1.82) is 0 Å². The minimum Gasteiger partial charge on any atom is -0.236 e. The van der Waals surface area contributed by atoms with Crippen molar-refractivity contribution < 1.29 is 0 Å². The van der Waals surface area contributed by atoms with Crippen molar-refractivity contribution in [2.45, 2.75) is 84.5 Å². The second kappa shape index (κ2) is 10.6. The molecule has 1 fully saturated rings. The van der Waals surface area contributed by atoms with Gasteiger partial charge in [-0.05, 0) is 42.2 Å². The lowest BCUT2D eigenvalue weighted by molar-refractivity contribution is 0.249.